The number of nitrogens with zero attached hydrogens (tertiary/aromatic N) is 2. The molecule has 25 heavy (non-hydrogen) atoms. The Kier molecular flexibility index (Phi) is 6.85. The van der Waals surface area contributed by atoms with Crippen LogP contribution in [0, 0.1) is 0 Å². The zero-order chi connectivity index (χ0) is 18.1. The highest BCUT2D eigenvalue weighted by atomic mass is 16.5. The maximum Gasteiger partial charge on any atom is 0.320 e. The average molecular weight is 344 g/mol. The van der Waals surface area contributed by atoms with E-state index in [9.17, 15) is 4.79 Å². The van der Waals surface area contributed by atoms with Crippen LogP contribution in [0.15, 0.2) is 42.7 Å². The third kappa shape index (κ3) is 6.86. The summed E-state index contributed by atoms with van der Waals surface area (Å²) in [7, 11) is 1.58. The molecule has 134 valence electrons. The van der Waals surface area contributed by atoms with E-state index in [0.717, 1.165) is 5.56 Å². The number of methoxy groups -OCH3 is 1. The van der Waals surface area contributed by atoms with Gasteiger partial charge in [0, 0.05) is 13.2 Å². The van der Waals surface area contributed by atoms with Gasteiger partial charge in [-0.15, -0.1) is 0 Å². The molecule has 1 heterocycles. The molecule has 0 aliphatic heterocycles. The van der Waals surface area contributed by atoms with Crippen LogP contribution in [-0.4, -0.2) is 35.3 Å². The number of ether oxygens (including phenoxy) is 2. The SMILES string of the molecule is COCc1cc(NC(=O)NC(C)(C)COCc2ccccc2)ncn1. The van der Waals surface area contributed by atoms with E-state index in [4.69, 9.17) is 9.47 Å². The second kappa shape index (κ2) is 9.10. The molecular weight excluding hydrogens is 320 g/mol. The number of urea groups is 1. The van der Waals surface area contributed by atoms with Crippen molar-refractivity contribution in [1.29, 1.82) is 0 Å². The molecule has 0 saturated heterocycles. The first-order chi connectivity index (χ1) is 12.0. The minimum atomic E-state index is -0.527. The Morgan fingerprint density at radius 3 is 2.64 bits per heavy atom. The van der Waals surface area contributed by atoms with E-state index in [1.165, 1.54) is 6.33 Å². The number of amides is 2. The third-order valence-electron chi connectivity index (χ3n) is 3.28. The van der Waals surface area contributed by atoms with E-state index in [-0.39, 0.29) is 6.03 Å². The number of nitrogens with one attached hydrogen (secondary N) is 2. The summed E-state index contributed by atoms with van der Waals surface area (Å²) in [5, 5.41) is 5.57. The van der Waals surface area contributed by atoms with Gasteiger partial charge in [0.25, 0.3) is 0 Å². The number of hydrogen-bond acceptors (Lipinski definition) is 5. The van der Waals surface area contributed by atoms with Gasteiger partial charge in [0.05, 0.1) is 31.1 Å². The van der Waals surface area contributed by atoms with E-state index in [1.807, 2.05) is 44.2 Å². The summed E-state index contributed by atoms with van der Waals surface area (Å²) in [5.41, 5.74) is 1.26. The third-order valence-corrected chi connectivity index (χ3v) is 3.28. The minimum Gasteiger partial charge on any atom is -0.378 e. The number of hydrogen-bond donors (Lipinski definition) is 2. The van der Waals surface area contributed by atoms with Crippen LogP contribution in [0.25, 0.3) is 0 Å². The lowest BCUT2D eigenvalue weighted by Crippen LogP contribution is -2.48. The van der Waals surface area contributed by atoms with Crippen molar-refractivity contribution >= 4 is 11.8 Å². The second-order valence-electron chi connectivity index (χ2n) is 6.27. The van der Waals surface area contributed by atoms with Crippen LogP contribution >= 0.6 is 0 Å². The quantitative estimate of drug-likeness (QED) is 0.769. The van der Waals surface area contributed by atoms with Crippen molar-refractivity contribution in [1.82, 2.24) is 15.3 Å². The minimum absolute atomic E-state index is 0.352. The number of rotatable bonds is 8. The van der Waals surface area contributed by atoms with Gasteiger partial charge in [-0.25, -0.2) is 14.8 Å². The van der Waals surface area contributed by atoms with Crippen molar-refractivity contribution < 1.29 is 14.3 Å². The monoisotopic (exact) mass is 344 g/mol. The summed E-state index contributed by atoms with van der Waals surface area (Å²) < 4.78 is 10.7. The van der Waals surface area contributed by atoms with Crippen molar-refractivity contribution in [2.24, 2.45) is 0 Å². The summed E-state index contributed by atoms with van der Waals surface area (Å²) in [4.78, 5) is 20.2. The van der Waals surface area contributed by atoms with E-state index < -0.39 is 5.54 Å². The lowest BCUT2D eigenvalue weighted by Gasteiger charge is -2.26. The fourth-order valence-electron chi connectivity index (χ4n) is 2.18. The Balaban J connectivity index is 1.80. The topological polar surface area (TPSA) is 85.4 Å². The number of aromatic nitrogens is 2. The molecule has 2 aromatic rings. The number of carbonyl (C=O) groups excluding carboxylic acids is 1. The van der Waals surface area contributed by atoms with Crippen molar-refractivity contribution in [3.05, 3.63) is 54.0 Å². The molecule has 0 fully saturated rings. The standard InChI is InChI=1S/C18H24N4O3/c1-18(2,12-25-10-14-7-5-4-6-8-14)22-17(23)21-16-9-15(11-24-3)19-13-20-16/h4-9,13H,10-12H2,1-3H3,(H2,19,20,21,22,23). The first kappa shape index (κ1) is 18.8. The van der Waals surface area contributed by atoms with Crippen LogP contribution in [0.3, 0.4) is 0 Å². The molecule has 0 spiro atoms. The van der Waals surface area contributed by atoms with Gasteiger partial charge in [-0.05, 0) is 19.4 Å². The highest BCUT2D eigenvalue weighted by molar-refractivity contribution is 5.88. The van der Waals surface area contributed by atoms with E-state index in [0.29, 0.717) is 31.3 Å². The van der Waals surface area contributed by atoms with Gasteiger partial charge in [0.15, 0.2) is 0 Å². The van der Waals surface area contributed by atoms with Gasteiger partial charge < -0.3 is 14.8 Å². The van der Waals surface area contributed by atoms with Crippen LogP contribution in [0.1, 0.15) is 25.1 Å². The Hall–Kier alpha value is -2.51. The Morgan fingerprint density at radius 1 is 1.16 bits per heavy atom. The number of carbonyl (C=O) groups is 1. The van der Waals surface area contributed by atoms with Gasteiger partial charge in [-0.3, -0.25) is 5.32 Å². The first-order valence-electron chi connectivity index (χ1n) is 7.99. The molecule has 2 rings (SSSR count). The molecule has 2 amide bonds. The highest BCUT2D eigenvalue weighted by Gasteiger charge is 2.21. The van der Waals surface area contributed by atoms with Crippen molar-refractivity contribution in [3.63, 3.8) is 0 Å². The van der Waals surface area contributed by atoms with Crippen LogP contribution in [0.4, 0.5) is 10.6 Å². The maximum atomic E-state index is 12.2. The van der Waals surface area contributed by atoms with Crippen molar-refractivity contribution in [3.8, 4) is 0 Å². The molecule has 0 aliphatic rings. The zero-order valence-electron chi connectivity index (χ0n) is 14.8. The smallest absolute Gasteiger partial charge is 0.320 e. The second-order valence-corrected chi connectivity index (χ2v) is 6.27. The lowest BCUT2D eigenvalue weighted by atomic mass is 10.1. The molecule has 0 atom stereocenters. The van der Waals surface area contributed by atoms with Crippen LogP contribution in [-0.2, 0) is 22.7 Å². The molecule has 7 heteroatoms. The molecule has 0 aliphatic carbocycles. The highest BCUT2D eigenvalue weighted by Crippen LogP contribution is 2.09. The van der Waals surface area contributed by atoms with Crippen LogP contribution in [0.5, 0.6) is 0 Å². The predicted octanol–water partition coefficient (Wildman–Crippen LogP) is 2.74. The molecule has 0 saturated carbocycles. The molecule has 0 bridgehead atoms. The van der Waals surface area contributed by atoms with Crippen molar-refractivity contribution in [2.75, 3.05) is 19.0 Å². The molecule has 7 nitrogen and oxygen atoms in total. The maximum absolute atomic E-state index is 12.2. The van der Waals surface area contributed by atoms with Gasteiger partial charge in [-0.1, -0.05) is 30.3 Å². The van der Waals surface area contributed by atoms with Gasteiger partial charge in [-0.2, -0.15) is 0 Å². The van der Waals surface area contributed by atoms with E-state index in [2.05, 4.69) is 20.6 Å². The molecule has 0 radical (unpaired) electrons. The Bertz CT molecular complexity index is 677. The Labute approximate surface area is 147 Å². The van der Waals surface area contributed by atoms with Crippen molar-refractivity contribution in [2.45, 2.75) is 32.6 Å². The molecule has 1 aromatic heterocycles. The number of anilines is 1. The first-order valence-corrected chi connectivity index (χ1v) is 7.99. The average Bonchev–Trinajstić information content (AvgIpc) is 2.55. The van der Waals surface area contributed by atoms with E-state index >= 15 is 0 Å². The largest absolute Gasteiger partial charge is 0.378 e. The summed E-state index contributed by atoms with van der Waals surface area (Å²) >= 11 is 0. The summed E-state index contributed by atoms with van der Waals surface area (Å²) in [6, 6.07) is 11.2. The normalized spacial score (nSPS) is 11.2. The van der Waals surface area contributed by atoms with Crippen LogP contribution in [0.2, 0.25) is 0 Å². The fourth-order valence-corrected chi connectivity index (χ4v) is 2.18. The molecule has 1 aromatic carbocycles. The Morgan fingerprint density at radius 2 is 1.92 bits per heavy atom. The lowest BCUT2D eigenvalue weighted by molar-refractivity contribution is 0.0752. The summed E-state index contributed by atoms with van der Waals surface area (Å²) in [6.45, 7) is 5.04. The predicted molar refractivity (Wildman–Crippen MR) is 95.1 cm³/mol. The molecule has 0 unspecified atom stereocenters. The van der Waals surface area contributed by atoms with Gasteiger partial charge in [0.1, 0.15) is 12.1 Å². The van der Waals surface area contributed by atoms with Gasteiger partial charge in [0.2, 0.25) is 0 Å². The zero-order valence-corrected chi connectivity index (χ0v) is 14.8. The molecular formula is C18H24N4O3. The number of benzene rings is 1. The van der Waals surface area contributed by atoms with Crippen LogP contribution < -0.4 is 10.6 Å². The molecule has 2 N–H and O–H groups in total. The summed E-state index contributed by atoms with van der Waals surface area (Å²) in [5.74, 6) is 0.417. The summed E-state index contributed by atoms with van der Waals surface area (Å²) in [6.07, 6.45) is 1.39. The van der Waals surface area contributed by atoms with Gasteiger partial charge >= 0.3 is 6.03 Å². The van der Waals surface area contributed by atoms with E-state index in [1.54, 1.807) is 13.2 Å². The fraction of sp³-hybridized carbons (Fsp3) is 0.389.